The predicted octanol–water partition coefficient (Wildman–Crippen LogP) is 4.66. The molecule has 0 bridgehead atoms. The van der Waals surface area contributed by atoms with Crippen LogP contribution >= 0.6 is 0 Å². The molecule has 2 aromatic carbocycles. The maximum atomic E-state index is 13.2. The molecule has 0 amide bonds. The summed E-state index contributed by atoms with van der Waals surface area (Å²) in [5, 5.41) is 5.06. The molecule has 0 saturated heterocycles. The molecule has 0 atom stereocenters. The molecular weight excluding hydrogens is 412 g/mol. The van der Waals surface area contributed by atoms with Crippen LogP contribution in [-0.2, 0) is 12.0 Å². The number of fused-ring (bicyclic) bond motifs is 4. The van der Waals surface area contributed by atoms with E-state index in [2.05, 4.69) is 49.6 Å². The van der Waals surface area contributed by atoms with Gasteiger partial charge in [-0.2, -0.15) is 9.78 Å². The number of allylic oxidation sites excluding steroid dienone is 1. The molecule has 0 saturated carbocycles. The Kier molecular flexibility index (Phi) is 4.89. The fourth-order valence-corrected chi connectivity index (χ4v) is 3.83. The van der Waals surface area contributed by atoms with Crippen LogP contribution in [0.1, 0.15) is 31.9 Å². The number of benzene rings is 2. The summed E-state index contributed by atoms with van der Waals surface area (Å²) in [6.45, 7) is 10.6. The lowest BCUT2D eigenvalue weighted by molar-refractivity contribution is 0.590. The average Bonchev–Trinajstić information content (AvgIpc) is 3.11. The third kappa shape index (κ3) is 3.61. The summed E-state index contributed by atoms with van der Waals surface area (Å²) in [4.78, 5) is 27.3. The molecule has 164 valence electrons. The van der Waals surface area contributed by atoms with Gasteiger partial charge in [0, 0.05) is 6.54 Å². The maximum absolute atomic E-state index is 13.2. The SMILES string of the molecule is C=CCn1cnc2c(c1=O)c1nc3ccccc3nc1n2/N=C\c1ccc(C(C)(C)C)cc1. The Labute approximate surface area is 190 Å². The molecule has 0 N–H and O–H groups in total. The monoisotopic (exact) mass is 436 g/mol. The van der Waals surface area contributed by atoms with Crippen molar-refractivity contribution >= 4 is 39.4 Å². The van der Waals surface area contributed by atoms with Gasteiger partial charge in [-0.15, -0.1) is 6.58 Å². The van der Waals surface area contributed by atoms with Gasteiger partial charge >= 0.3 is 0 Å². The zero-order valence-electron chi connectivity index (χ0n) is 18.9. The molecule has 0 aliphatic rings. The van der Waals surface area contributed by atoms with Crippen molar-refractivity contribution in [1.29, 1.82) is 0 Å². The quantitative estimate of drug-likeness (QED) is 0.303. The lowest BCUT2D eigenvalue weighted by Crippen LogP contribution is -2.19. The molecule has 5 aromatic rings. The average molecular weight is 437 g/mol. The number of aromatic nitrogens is 5. The second-order valence-electron chi connectivity index (χ2n) is 9.00. The van der Waals surface area contributed by atoms with Crippen molar-refractivity contribution in [3.8, 4) is 0 Å². The van der Waals surface area contributed by atoms with E-state index >= 15 is 0 Å². The Hall–Kier alpha value is -4.13. The highest BCUT2D eigenvalue weighted by Gasteiger charge is 2.19. The summed E-state index contributed by atoms with van der Waals surface area (Å²) in [7, 11) is 0. The summed E-state index contributed by atoms with van der Waals surface area (Å²) in [5.41, 5.74) is 4.91. The Morgan fingerprint density at radius 3 is 2.36 bits per heavy atom. The number of para-hydroxylation sites is 2. The standard InChI is InChI=1S/C26H24N6O/c1-5-14-31-16-27-23-21(25(31)33)22-24(30-20-9-7-6-8-19(20)29-22)32(23)28-15-17-10-12-18(13-11-17)26(2,3)4/h5-13,15-16H,1,14H2,2-4H3/b28-15-. The molecule has 5 rings (SSSR count). The van der Waals surface area contributed by atoms with Crippen LogP contribution in [0.5, 0.6) is 0 Å². The third-order valence-electron chi connectivity index (χ3n) is 5.63. The van der Waals surface area contributed by atoms with Gasteiger partial charge in [0.15, 0.2) is 11.3 Å². The fourth-order valence-electron chi connectivity index (χ4n) is 3.83. The minimum Gasteiger partial charge on any atom is -0.295 e. The number of rotatable bonds is 4. The molecule has 0 radical (unpaired) electrons. The number of nitrogens with zero attached hydrogens (tertiary/aromatic N) is 6. The van der Waals surface area contributed by atoms with E-state index in [4.69, 9.17) is 9.97 Å². The van der Waals surface area contributed by atoms with Crippen molar-refractivity contribution in [2.24, 2.45) is 5.10 Å². The Balaban J connectivity index is 1.73. The van der Waals surface area contributed by atoms with Gasteiger partial charge in [0.25, 0.3) is 5.56 Å². The van der Waals surface area contributed by atoms with Crippen LogP contribution in [0.15, 0.2) is 77.4 Å². The van der Waals surface area contributed by atoms with E-state index in [-0.39, 0.29) is 11.0 Å². The largest absolute Gasteiger partial charge is 0.295 e. The molecule has 33 heavy (non-hydrogen) atoms. The van der Waals surface area contributed by atoms with Crippen molar-refractivity contribution in [3.63, 3.8) is 0 Å². The van der Waals surface area contributed by atoms with Gasteiger partial charge < -0.3 is 0 Å². The fraction of sp³-hybridized carbons (Fsp3) is 0.192. The molecule has 7 heteroatoms. The highest BCUT2D eigenvalue weighted by molar-refractivity contribution is 6.04. The van der Waals surface area contributed by atoms with Gasteiger partial charge in [-0.3, -0.25) is 9.36 Å². The number of hydrogen-bond donors (Lipinski definition) is 0. The van der Waals surface area contributed by atoms with Crippen LogP contribution in [0, 0.1) is 0 Å². The van der Waals surface area contributed by atoms with Crippen molar-refractivity contribution in [3.05, 3.63) is 89.0 Å². The summed E-state index contributed by atoms with van der Waals surface area (Å²) in [5.74, 6) is 0. The zero-order chi connectivity index (χ0) is 23.2. The van der Waals surface area contributed by atoms with Gasteiger partial charge in [0.05, 0.1) is 17.2 Å². The Morgan fingerprint density at radius 2 is 1.70 bits per heavy atom. The molecular formula is C26H24N6O. The van der Waals surface area contributed by atoms with E-state index in [0.717, 1.165) is 11.1 Å². The van der Waals surface area contributed by atoms with E-state index in [9.17, 15) is 4.79 Å². The van der Waals surface area contributed by atoms with Crippen molar-refractivity contribution < 1.29 is 0 Å². The molecule has 0 aliphatic heterocycles. The Bertz CT molecular complexity index is 1600. The lowest BCUT2D eigenvalue weighted by Gasteiger charge is -2.18. The molecule has 0 spiro atoms. The molecule has 0 fully saturated rings. The second kappa shape index (κ2) is 7.78. The summed E-state index contributed by atoms with van der Waals surface area (Å²) in [6.07, 6.45) is 4.92. The molecule has 7 nitrogen and oxygen atoms in total. The van der Waals surface area contributed by atoms with Gasteiger partial charge in [0.1, 0.15) is 17.2 Å². The topological polar surface area (TPSA) is 78.0 Å². The summed E-state index contributed by atoms with van der Waals surface area (Å²) >= 11 is 0. The van der Waals surface area contributed by atoms with E-state index in [1.165, 1.54) is 16.5 Å². The smallest absolute Gasteiger partial charge is 0.265 e. The first-order chi connectivity index (χ1) is 15.9. The summed E-state index contributed by atoms with van der Waals surface area (Å²) < 4.78 is 3.10. The highest BCUT2D eigenvalue weighted by Crippen LogP contribution is 2.25. The van der Waals surface area contributed by atoms with Crippen molar-refractivity contribution in [2.75, 3.05) is 0 Å². The molecule has 3 aromatic heterocycles. The third-order valence-corrected chi connectivity index (χ3v) is 5.63. The van der Waals surface area contributed by atoms with Crippen molar-refractivity contribution in [2.45, 2.75) is 32.7 Å². The van der Waals surface area contributed by atoms with Gasteiger partial charge in [-0.1, -0.05) is 63.2 Å². The van der Waals surface area contributed by atoms with Crippen LogP contribution in [0.25, 0.3) is 33.2 Å². The van der Waals surface area contributed by atoms with Crippen LogP contribution in [0.2, 0.25) is 0 Å². The molecule has 0 unspecified atom stereocenters. The van der Waals surface area contributed by atoms with Gasteiger partial charge in [-0.05, 0) is 28.7 Å². The first kappa shape index (κ1) is 20.8. The molecule has 3 heterocycles. The Morgan fingerprint density at radius 1 is 1.00 bits per heavy atom. The lowest BCUT2D eigenvalue weighted by atomic mass is 9.87. The first-order valence-corrected chi connectivity index (χ1v) is 10.8. The second-order valence-corrected chi connectivity index (χ2v) is 9.00. The summed E-state index contributed by atoms with van der Waals surface area (Å²) in [6, 6.07) is 15.8. The van der Waals surface area contributed by atoms with Crippen LogP contribution < -0.4 is 5.56 Å². The number of hydrogen-bond acceptors (Lipinski definition) is 5. The van der Waals surface area contributed by atoms with Gasteiger partial charge in [-0.25, -0.2) is 15.0 Å². The van der Waals surface area contributed by atoms with Crippen molar-refractivity contribution in [1.82, 2.24) is 24.2 Å². The first-order valence-electron chi connectivity index (χ1n) is 10.8. The normalized spacial score (nSPS) is 12.3. The zero-order valence-corrected chi connectivity index (χ0v) is 18.9. The van der Waals surface area contributed by atoms with E-state index < -0.39 is 0 Å². The van der Waals surface area contributed by atoms with E-state index in [1.54, 1.807) is 17.0 Å². The predicted molar refractivity (Wildman–Crippen MR) is 133 cm³/mol. The molecule has 0 aliphatic carbocycles. The maximum Gasteiger partial charge on any atom is 0.265 e. The van der Waals surface area contributed by atoms with Crippen LogP contribution in [0.3, 0.4) is 0 Å². The van der Waals surface area contributed by atoms with Crippen LogP contribution in [0.4, 0.5) is 0 Å². The van der Waals surface area contributed by atoms with Crippen LogP contribution in [-0.4, -0.2) is 30.4 Å². The van der Waals surface area contributed by atoms with Gasteiger partial charge in [0.2, 0.25) is 0 Å². The highest BCUT2D eigenvalue weighted by atomic mass is 16.1. The van der Waals surface area contributed by atoms with E-state index in [1.807, 2.05) is 36.4 Å². The minimum absolute atomic E-state index is 0.0778. The minimum atomic E-state index is -0.196. The van der Waals surface area contributed by atoms with E-state index in [0.29, 0.717) is 34.3 Å².